The topological polar surface area (TPSA) is 18.5 Å². The van der Waals surface area contributed by atoms with E-state index in [-0.39, 0.29) is 0 Å². The Hall–Kier alpha value is 0.738. The van der Waals surface area contributed by atoms with Crippen molar-refractivity contribution in [2.24, 2.45) is 0 Å². The third-order valence-electron chi connectivity index (χ3n) is 1.15. The molecule has 0 aromatic heterocycles. The van der Waals surface area contributed by atoms with Crippen molar-refractivity contribution in [3.05, 3.63) is 0 Å². The van der Waals surface area contributed by atoms with Crippen LogP contribution in [-0.4, -0.2) is 31.5 Å². The molecule has 1 aliphatic heterocycles. The van der Waals surface area contributed by atoms with Gasteiger partial charge in [0.15, 0.2) is 0 Å². The molecule has 0 amide bonds. The van der Waals surface area contributed by atoms with Crippen LogP contribution in [0.15, 0.2) is 0 Å². The van der Waals surface area contributed by atoms with Gasteiger partial charge in [-0.05, 0) is 0 Å². The Balaban J connectivity index is 2.67. The third kappa shape index (κ3) is 1.61. The van der Waals surface area contributed by atoms with Crippen molar-refractivity contribution in [2.75, 3.05) is 13.2 Å². The van der Waals surface area contributed by atoms with Crippen LogP contribution in [0, 0.1) is 0 Å². The van der Waals surface area contributed by atoms with Gasteiger partial charge in [0.1, 0.15) is 0 Å². The fourth-order valence-electron chi connectivity index (χ4n) is 0.734. The summed E-state index contributed by atoms with van der Waals surface area (Å²) in [5.74, 6) is 0. The van der Waals surface area contributed by atoms with Crippen LogP contribution in [0.4, 0.5) is 0 Å². The maximum atomic E-state index is 5.51. The Kier molecular flexibility index (Phi) is 1.39. The molecule has 1 saturated heterocycles. The van der Waals surface area contributed by atoms with Gasteiger partial charge in [-0.1, -0.05) is 0 Å². The van der Waals surface area contributed by atoms with Gasteiger partial charge in [-0.2, -0.15) is 0 Å². The van der Waals surface area contributed by atoms with Gasteiger partial charge in [0.2, 0.25) is 0 Å². The second-order valence-electron chi connectivity index (χ2n) is 3.18. The van der Waals surface area contributed by atoms with Crippen LogP contribution in [-0.2, 0) is 6.03 Å². The summed E-state index contributed by atoms with van der Waals surface area (Å²) < 4.78 is 11.0. The van der Waals surface area contributed by atoms with E-state index < -0.39 is 18.2 Å². The third-order valence-corrected chi connectivity index (χ3v) is 7.21. The predicted octanol–water partition coefficient (Wildman–Crippen LogP) is 1.32. The van der Waals surface area contributed by atoms with E-state index in [4.69, 9.17) is 6.03 Å². The van der Waals surface area contributed by atoms with E-state index in [0.29, 0.717) is 0 Å². The second-order valence-corrected chi connectivity index (χ2v) is 19.0. The Morgan fingerprint density at radius 1 is 1.00 bits per heavy atom. The molecule has 1 aliphatic rings. The van der Waals surface area contributed by atoms with Gasteiger partial charge in [-0.3, -0.25) is 0 Å². The Labute approximate surface area is 52.3 Å². The normalized spacial score (nSPS) is 38.1. The number of hydrogen-bond acceptors (Lipinski definition) is 2. The molecule has 0 N–H and O–H groups in total. The second kappa shape index (κ2) is 1.62. The van der Waals surface area contributed by atoms with Gasteiger partial charge in [0, 0.05) is 0 Å². The van der Waals surface area contributed by atoms with Crippen LogP contribution in [0.3, 0.4) is 0 Å². The molecule has 0 spiro atoms. The summed E-state index contributed by atoms with van der Waals surface area (Å²) in [5, 5.41) is 0. The molecular weight excluding hydrogens is 214 g/mol. The van der Waals surface area contributed by atoms with Crippen LogP contribution in [0.25, 0.3) is 0 Å². The van der Waals surface area contributed by atoms with E-state index in [1.165, 1.54) is 0 Å². The molecule has 0 radical (unpaired) electrons. The predicted molar refractivity (Wildman–Crippen MR) is 35.2 cm³/mol. The van der Waals surface area contributed by atoms with E-state index in [1.807, 2.05) is 0 Å². The average Bonchev–Trinajstić information content (AvgIpc) is 1.81. The van der Waals surface area contributed by atoms with Crippen molar-refractivity contribution in [3.8, 4) is 0 Å². The van der Waals surface area contributed by atoms with Crippen molar-refractivity contribution >= 4 is 18.2 Å². The zero-order chi connectivity index (χ0) is 6.28. The standard InChI is InChI=1S/C2H4O2.3CH3.Sb/c3-1-2-4;;;;/h1-2H2;3*1H3;/q-2;;;;+2. The summed E-state index contributed by atoms with van der Waals surface area (Å²) in [7, 11) is 0. The fraction of sp³-hybridized carbons (Fsp3) is 1.00. The minimum absolute atomic E-state index is 0.811. The first kappa shape index (κ1) is 6.85. The van der Waals surface area contributed by atoms with E-state index >= 15 is 0 Å². The van der Waals surface area contributed by atoms with Crippen molar-refractivity contribution in [3.63, 3.8) is 0 Å². The van der Waals surface area contributed by atoms with Crippen LogP contribution in [0.1, 0.15) is 0 Å². The molecule has 2 nitrogen and oxygen atoms in total. The molecule has 8 heavy (non-hydrogen) atoms. The molecule has 0 aromatic carbocycles. The first-order chi connectivity index (χ1) is 3.47. The van der Waals surface area contributed by atoms with Crippen LogP contribution >= 0.6 is 0 Å². The molecular formula is C5H13O2Sb. The Bertz CT molecular complexity index is 92.7. The SMILES string of the molecule is [CH3][Sb]1([CH3])([CH3])[O]CC[O]1. The molecule has 0 aromatic rings. The van der Waals surface area contributed by atoms with Gasteiger partial charge in [0.05, 0.1) is 0 Å². The van der Waals surface area contributed by atoms with Crippen molar-refractivity contribution < 1.29 is 6.03 Å². The van der Waals surface area contributed by atoms with Gasteiger partial charge in [0.25, 0.3) is 0 Å². The fourth-order valence-corrected chi connectivity index (χ4v) is 4.92. The van der Waals surface area contributed by atoms with Gasteiger partial charge in [-0.25, -0.2) is 0 Å². The van der Waals surface area contributed by atoms with Gasteiger partial charge >= 0.3 is 52.1 Å². The molecule has 1 heterocycles. The summed E-state index contributed by atoms with van der Waals surface area (Å²) in [4.78, 5) is 6.42. The summed E-state index contributed by atoms with van der Waals surface area (Å²) in [6.45, 7) is 1.62. The van der Waals surface area contributed by atoms with E-state index in [0.717, 1.165) is 13.2 Å². The zero-order valence-electron chi connectivity index (χ0n) is 5.68. The van der Waals surface area contributed by atoms with E-state index in [1.54, 1.807) is 0 Å². The molecule has 0 aliphatic carbocycles. The molecule has 1 rings (SSSR count). The molecule has 0 atom stereocenters. The molecule has 0 unspecified atom stereocenters. The monoisotopic (exact) mass is 226 g/mol. The van der Waals surface area contributed by atoms with Crippen molar-refractivity contribution in [1.29, 1.82) is 0 Å². The average molecular weight is 227 g/mol. The van der Waals surface area contributed by atoms with Crippen LogP contribution < -0.4 is 0 Å². The van der Waals surface area contributed by atoms with Gasteiger partial charge in [-0.15, -0.1) is 0 Å². The van der Waals surface area contributed by atoms with E-state index in [9.17, 15) is 0 Å². The molecule has 0 bridgehead atoms. The first-order valence-corrected chi connectivity index (χ1v) is 12.5. The Morgan fingerprint density at radius 3 is 1.50 bits per heavy atom. The summed E-state index contributed by atoms with van der Waals surface area (Å²) in [5.41, 5.74) is 0. The molecule has 50 valence electrons. The Morgan fingerprint density at radius 2 is 1.38 bits per heavy atom. The molecule has 0 saturated carbocycles. The summed E-state index contributed by atoms with van der Waals surface area (Å²) >= 11 is -2.69. The molecule has 3 heteroatoms. The molecule has 1 fully saturated rings. The maximum absolute atomic E-state index is 5.51. The first-order valence-electron chi connectivity index (χ1n) is 2.78. The zero-order valence-corrected chi connectivity index (χ0v) is 8.23. The minimum atomic E-state index is -2.69. The van der Waals surface area contributed by atoms with Crippen molar-refractivity contribution in [2.45, 2.75) is 14.6 Å². The van der Waals surface area contributed by atoms with Crippen LogP contribution in [0.2, 0.25) is 14.6 Å². The van der Waals surface area contributed by atoms with Gasteiger partial charge < -0.3 is 0 Å². The quantitative estimate of drug-likeness (QED) is 0.581. The van der Waals surface area contributed by atoms with E-state index in [2.05, 4.69) is 14.6 Å². The number of hydrogen-bond donors (Lipinski definition) is 0. The summed E-state index contributed by atoms with van der Waals surface area (Å²) in [6.07, 6.45) is 0. The van der Waals surface area contributed by atoms with Crippen LogP contribution in [0.5, 0.6) is 0 Å². The van der Waals surface area contributed by atoms with Crippen molar-refractivity contribution in [1.82, 2.24) is 0 Å². The number of rotatable bonds is 0. The summed E-state index contributed by atoms with van der Waals surface area (Å²) in [6, 6.07) is 0.